The van der Waals surface area contributed by atoms with Crippen molar-refractivity contribution in [3.05, 3.63) is 22.4 Å². The number of amides is 1. The van der Waals surface area contributed by atoms with E-state index in [1.165, 1.54) is 18.4 Å². The van der Waals surface area contributed by atoms with Crippen molar-refractivity contribution in [2.45, 2.75) is 12.8 Å². The van der Waals surface area contributed by atoms with E-state index in [1.54, 1.807) is 17.5 Å². The third-order valence-electron chi connectivity index (χ3n) is 2.16. The van der Waals surface area contributed by atoms with E-state index >= 15 is 0 Å². The Morgan fingerprint density at radius 3 is 2.59 bits per heavy atom. The van der Waals surface area contributed by atoms with Crippen LogP contribution >= 0.6 is 11.3 Å². The molecule has 0 bridgehead atoms. The van der Waals surface area contributed by atoms with E-state index in [-0.39, 0.29) is 31.1 Å². The van der Waals surface area contributed by atoms with Gasteiger partial charge in [-0.3, -0.25) is 14.4 Å². The summed E-state index contributed by atoms with van der Waals surface area (Å²) in [4.78, 5) is 35.1. The summed E-state index contributed by atoms with van der Waals surface area (Å²) in [5.74, 6) is -1.49. The zero-order valence-electron chi connectivity index (χ0n) is 9.38. The molecule has 1 N–H and O–H groups in total. The van der Waals surface area contributed by atoms with Gasteiger partial charge in [-0.1, -0.05) is 6.07 Å². The molecule has 92 valence electrons. The number of nitrogens with zero attached hydrogens (tertiary/aromatic N) is 1. The topological polar surface area (TPSA) is 74.7 Å². The van der Waals surface area contributed by atoms with Crippen molar-refractivity contribution in [3.63, 3.8) is 0 Å². The molecule has 0 aromatic carbocycles. The highest BCUT2D eigenvalue weighted by Gasteiger charge is 2.14. The number of hydrogen-bond acceptors (Lipinski definition) is 4. The van der Waals surface area contributed by atoms with Crippen molar-refractivity contribution in [3.8, 4) is 0 Å². The fourth-order valence-electron chi connectivity index (χ4n) is 1.26. The largest absolute Gasteiger partial charge is 0.480 e. The number of hydrogen-bond donors (Lipinski definition) is 1. The molecular formula is C11H13NO4S. The predicted octanol–water partition coefficient (Wildman–Crippen LogP) is 1.25. The molecule has 0 unspecified atom stereocenters. The van der Waals surface area contributed by atoms with Gasteiger partial charge in [-0.2, -0.15) is 0 Å². The minimum absolute atomic E-state index is 0.0422. The zero-order chi connectivity index (χ0) is 12.8. The molecule has 0 saturated carbocycles. The maximum atomic E-state index is 11.6. The van der Waals surface area contributed by atoms with Crippen LogP contribution in [0.5, 0.6) is 0 Å². The molecule has 0 saturated heterocycles. The Bertz CT molecular complexity index is 413. The van der Waals surface area contributed by atoms with Crippen LogP contribution in [0.4, 0.5) is 0 Å². The fraction of sp³-hybridized carbons (Fsp3) is 0.364. The number of rotatable bonds is 6. The molecule has 17 heavy (non-hydrogen) atoms. The molecule has 0 aliphatic carbocycles. The van der Waals surface area contributed by atoms with Gasteiger partial charge in [-0.15, -0.1) is 11.3 Å². The lowest BCUT2D eigenvalue weighted by molar-refractivity contribution is -0.143. The summed E-state index contributed by atoms with van der Waals surface area (Å²) in [6.07, 6.45) is 0.157. The van der Waals surface area contributed by atoms with Crippen LogP contribution in [0.2, 0.25) is 0 Å². The Hall–Kier alpha value is -1.69. The van der Waals surface area contributed by atoms with Crippen LogP contribution in [0.3, 0.4) is 0 Å². The lowest BCUT2D eigenvalue weighted by Crippen LogP contribution is -2.32. The molecule has 0 aliphatic heterocycles. The number of carboxylic acids is 1. The second-order valence-corrected chi connectivity index (χ2v) is 4.49. The molecule has 6 heteroatoms. The Balaban J connectivity index is 2.38. The van der Waals surface area contributed by atoms with Crippen LogP contribution < -0.4 is 0 Å². The first-order valence-corrected chi connectivity index (χ1v) is 5.91. The summed E-state index contributed by atoms with van der Waals surface area (Å²) >= 11 is 1.33. The number of carbonyl (C=O) groups excluding carboxylic acids is 2. The van der Waals surface area contributed by atoms with Gasteiger partial charge in [0.1, 0.15) is 6.54 Å². The number of Topliss-reactive ketones (excluding diaryl/α,β-unsaturated/α-hetero) is 1. The van der Waals surface area contributed by atoms with E-state index in [2.05, 4.69) is 0 Å². The summed E-state index contributed by atoms with van der Waals surface area (Å²) in [6, 6.07) is 3.48. The van der Waals surface area contributed by atoms with Gasteiger partial charge in [-0.25, -0.2) is 0 Å². The molecule has 1 aromatic rings. The third-order valence-corrected chi connectivity index (χ3v) is 3.07. The van der Waals surface area contributed by atoms with Crippen LogP contribution in [0, 0.1) is 0 Å². The third kappa shape index (κ3) is 4.36. The number of aliphatic carboxylic acids is 1. The number of ketones is 1. The SMILES string of the molecule is CN(CC(=O)O)C(=O)CCC(=O)c1cccs1. The van der Waals surface area contributed by atoms with Gasteiger partial charge in [0.2, 0.25) is 5.91 Å². The quantitative estimate of drug-likeness (QED) is 0.776. The number of carbonyl (C=O) groups is 3. The molecule has 0 atom stereocenters. The first-order valence-electron chi connectivity index (χ1n) is 5.03. The summed E-state index contributed by atoms with van der Waals surface area (Å²) in [6.45, 7) is -0.341. The van der Waals surface area contributed by atoms with Gasteiger partial charge in [0.25, 0.3) is 0 Å². The van der Waals surface area contributed by atoms with Gasteiger partial charge in [-0.05, 0) is 11.4 Å². The van der Waals surface area contributed by atoms with Crippen molar-refractivity contribution < 1.29 is 19.5 Å². The Morgan fingerprint density at radius 1 is 1.35 bits per heavy atom. The van der Waals surface area contributed by atoms with Gasteiger partial charge in [0.15, 0.2) is 5.78 Å². The predicted molar refractivity (Wildman–Crippen MR) is 63.2 cm³/mol. The molecule has 1 amide bonds. The summed E-state index contributed by atoms with van der Waals surface area (Å²) < 4.78 is 0. The standard InChI is InChI=1S/C11H13NO4S/c1-12(7-11(15)16)10(14)5-4-8(13)9-3-2-6-17-9/h2-3,6H,4-5,7H2,1H3,(H,15,16). The van der Waals surface area contributed by atoms with Crippen molar-refractivity contribution in [1.29, 1.82) is 0 Å². The first-order chi connectivity index (χ1) is 8.00. The van der Waals surface area contributed by atoms with Crippen LogP contribution in [0.25, 0.3) is 0 Å². The normalized spacial score (nSPS) is 9.94. The highest BCUT2D eigenvalue weighted by molar-refractivity contribution is 7.12. The van der Waals surface area contributed by atoms with Crippen molar-refractivity contribution in [2.24, 2.45) is 0 Å². The number of thiophene rings is 1. The molecule has 5 nitrogen and oxygen atoms in total. The second-order valence-electron chi connectivity index (χ2n) is 3.54. The minimum Gasteiger partial charge on any atom is -0.480 e. The van der Waals surface area contributed by atoms with E-state index < -0.39 is 5.97 Å². The van der Waals surface area contributed by atoms with E-state index in [1.807, 2.05) is 0 Å². The average Bonchev–Trinajstić information content (AvgIpc) is 2.77. The summed E-state index contributed by atoms with van der Waals surface area (Å²) in [5.41, 5.74) is 0. The summed E-state index contributed by atoms with van der Waals surface area (Å²) in [7, 11) is 1.41. The molecule has 0 spiro atoms. The summed E-state index contributed by atoms with van der Waals surface area (Å²) in [5, 5.41) is 10.3. The lowest BCUT2D eigenvalue weighted by Gasteiger charge is -2.13. The highest BCUT2D eigenvalue weighted by Crippen LogP contribution is 2.12. The Labute approximate surface area is 103 Å². The monoisotopic (exact) mass is 255 g/mol. The Kier molecular flexibility index (Phi) is 4.84. The average molecular weight is 255 g/mol. The van der Waals surface area contributed by atoms with Crippen molar-refractivity contribution in [2.75, 3.05) is 13.6 Å². The van der Waals surface area contributed by atoms with Gasteiger partial charge < -0.3 is 10.0 Å². The van der Waals surface area contributed by atoms with Crippen LogP contribution in [-0.4, -0.2) is 41.3 Å². The lowest BCUT2D eigenvalue weighted by atomic mass is 10.2. The van der Waals surface area contributed by atoms with E-state index in [0.717, 1.165) is 4.90 Å². The molecule has 1 rings (SSSR count). The maximum absolute atomic E-state index is 11.6. The van der Waals surface area contributed by atoms with Gasteiger partial charge in [0.05, 0.1) is 4.88 Å². The number of carboxylic acid groups (broad SMARTS) is 1. The maximum Gasteiger partial charge on any atom is 0.323 e. The minimum atomic E-state index is -1.06. The second kappa shape index (κ2) is 6.15. The molecular weight excluding hydrogens is 242 g/mol. The van der Waals surface area contributed by atoms with Gasteiger partial charge in [0, 0.05) is 19.9 Å². The molecule has 1 heterocycles. The van der Waals surface area contributed by atoms with Crippen molar-refractivity contribution in [1.82, 2.24) is 4.90 Å². The zero-order valence-corrected chi connectivity index (χ0v) is 10.2. The first kappa shape index (κ1) is 13.4. The molecule has 0 radical (unpaired) electrons. The van der Waals surface area contributed by atoms with Crippen molar-refractivity contribution >= 4 is 29.0 Å². The smallest absolute Gasteiger partial charge is 0.323 e. The fourth-order valence-corrected chi connectivity index (χ4v) is 1.96. The van der Waals surface area contributed by atoms with E-state index in [4.69, 9.17) is 5.11 Å². The van der Waals surface area contributed by atoms with E-state index in [9.17, 15) is 14.4 Å². The van der Waals surface area contributed by atoms with E-state index in [0.29, 0.717) is 4.88 Å². The molecule has 0 fully saturated rings. The van der Waals surface area contributed by atoms with Crippen LogP contribution in [0.1, 0.15) is 22.5 Å². The van der Waals surface area contributed by atoms with Crippen LogP contribution in [-0.2, 0) is 9.59 Å². The molecule has 1 aromatic heterocycles. The number of likely N-dealkylation sites (N-methyl/N-ethyl adjacent to an activating group) is 1. The van der Waals surface area contributed by atoms with Gasteiger partial charge >= 0.3 is 5.97 Å². The van der Waals surface area contributed by atoms with Crippen LogP contribution in [0.15, 0.2) is 17.5 Å². The molecule has 0 aliphatic rings. The Morgan fingerprint density at radius 2 is 2.06 bits per heavy atom. The highest BCUT2D eigenvalue weighted by atomic mass is 32.1.